The van der Waals surface area contributed by atoms with Gasteiger partial charge < -0.3 is 0 Å². The molecule has 22 heavy (non-hydrogen) atoms. The molecule has 0 aliphatic rings. The Labute approximate surface area is 179 Å². The monoisotopic (exact) mass is 678 g/mol. The minimum Gasteiger partial charge on any atom is -0.289 e. The Morgan fingerprint density at radius 2 is 1.00 bits per heavy atom. The van der Waals surface area contributed by atoms with E-state index in [1.807, 2.05) is 26.0 Å². The van der Waals surface area contributed by atoms with E-state index >= 15 is 0 Å². The summed E-state index contributed by atoms with van der Waals surface area (Å²) in [4.78, 5) is 13.0. The van der Waals surface area contributed by atoms with Gasteiger partial charge in [0.25, 0.3) is 0 Å². The molecule has 0 N–H and O–H groups in total. The van der Waals surface area contributed by atoms with Crippen LogP contribution in [0.1, 0.15) is 27.0 Å². The molecule has 0 aromatic heterocycles. The normalized spacial score (nSPS) is 10.9. The van der Waals surface area contributed by atoms with Gasteiger partial charge in [-0.3, -0.25) is 4.79 Å². The molecule has 0 bridgehead atoms. The molecule has 2 rings (SSSR count). The lowest BCUT2D eigenvalue weighted by atomic mass is 9.96. The van der Waals surface area contributed by atoms with Gasteiger partial charge in [0.05, 0.1) is 0 Å². The molecule has 0 spiro atoms. The van der Waals surface area contributed by atoms with Gasteiger partial charge in [0.1, 0.15) is 0 Å². The predicted octanol–water partition coefficient (Wildman–Crippen LogP) is 8.11. The van der Waals surface area contributed by atoms with Gasteiger partial charge in [-0.1, -0.05) is 0 Å². The van der Waals surface area contributed by atoms with Crippen LogP contribution >= 0.6 is 95.6 Å². The van der Waals surface area contributed by atoms with Crippen LogP contribution < -0.4 is 0 Å². The average molecular weight is 684 g/mol. The first-order chi connectivity index (χ1) is 10.2. The van der Waals surface area contributed by atoms with E-state index in [0.29, 0.717) is 11.1 Å². The van der Waals surface area contributed by atoms with Crippen molar-refractivity contribution in [3.05, 3.63) is 61.2 Å². The van der Waals surface area contributed by atoms with Crippen molar-refractivity contribution >= 4 is 101 Å². The van der Waals surface area contributed by atoms with Crippen LogP contribution in [0.3, 0.4) is 0 Å². The predicted molar refractivity (Wildman–Crippen MR) is 112 cm³/mol. The number of halogens is 6. The highest BCUT2D eigenvalue weighted by molar-refractivity contribution is 9.15. The van der Waals surface area contributed by atoms with Crippen LogP contribution in [0.15, 0.2) is 39.0 Å². The SMILES string of the molecule is Cc1c(C(=O)c2cc(Br)c(Br)c(Br)c2C)cc(Br)c(Br)c1Br. The van der Waals surface area contributed by atoms with Crippen LogP contribution in [0, 0.1) is 13.8 Å². The number of ketones is 1. The van der Waals surface area contributed by atoms with Gasteiger partial charge >= 0.3 is 0 Å². The minimum atomic E-state index is -0.0159. The molecule has 0 heterocycles. The number of rotatable bonds is 2. The highest BCUT2D eigenvalue weighted by Gasteiger charge is 2.21. The second-order valence-electron chi connectivity index (χ2n) is 4.65. The lowest BCUT2D eigenvalue weighted by Crippen LogP contribution is -2.08. The molecule has 2 aromatic carbocycles. The number of carbonyl (C=O) groups excluding carboxylic acids is 1. The summed E-state index contributed by atoms with van der Waals surface area (Å²) >= 11 is 21.0. The first kappa shape index (κ1) is 19.3. The standard InChI is InChI=1S/C15H8Br6O/c1-5-7(3-9(16)13(20)11(5)18)15(22)8-4-10(17)14(21)12(19)6(8)2/h3-4H,1-2H3. The quantitative estimate of drug-likeness (QED) is 0.231. The van der Waals surface area contributed by atoms with Crippen molar-refractivity contribution in [2.45, 2.75) is 13.8 Å². The van der Waals surface area contributed by atoms with E-state index in [9.17, 15) is 4.79 Å². The lowest BCUT2D eigenvalue weighted by molar-refractivity contribution is 0.103. The number of carbonyl (C=O) groups is 1. The van der Waals surface area contributed by atoms with Crippen LogP contribution in [0.25, 0.3) is 0 Å². The second kappa shape index (κ2) is 7.48. The Hall–Kier alpha value is 0.990. The third-order valence-corrected chi connectivity index (χ3v) is 10.3. The van der Waals surface area contributed by atoms with Crippen molar-refractivity contribution in [2.24, 2.45) is 0 Å². The van der Waals surface area contributed by atoms with Crippen molar-refractivity contribution < 1.29 is 4.79 Å². The van der Waals surface area contributed by atoms with E-state index in [1.165, 1.54) is 0 Å². The zero-order chi connectivity index (χ0) is 16.8. The van der Waals surface area contributed by atoms with Crippen LogP contribution in [-0.2, 0) is 0 Å². The summed E-state index contributed by atoms with van der Waals surface area (Å²) in [6.45, 7) is 3.85. The summed E-state index contributed by atoms with van der Waals surface area (Å²) in [6, 6.07) is 3.69. The fourth-order valence-electron chi connectivity index (χ4n) is 1.99. The molecule has 0 fully saturated rings. The molecule has 2 aromatic rings. The minimum absolute atomic E-state index is 0.0159. The molecular formula is C15H8Br6O. The second-order valence-corrected chi connectivity index (χ2v) is 9.53. The van der Waals surface area contributed by atoms with Gasteiger partial charge in [-0.15, -0.1) is 0 Å². The van der Waals surface area contributed by atoms with Gasteiger partial charge in [-0.25, -0.2) is 0 Å². The molecule has 7 heteroatoms. The number of hydrogen-bond donors (Lipinski definition) is 0. The van der Waals surface area contributed by atoms with E-state index in [4.69, 9.17) is 0 Å². The maximum absolute atomic E-state index is 13.0. The number of benzene rings is 2. The molecule has 0 saturated carbocycles. The zero-order valence-electron chi connectivity index (χ0n) is 11.3. The highest BCUT2D eigenvalue weighted by atomic mass is 79.9. The highest BCUT2D eigenvalue weighted by Crippen LogP contribution is 2.39. The molecule has 1 nitrogen and oxygen atoms in total. The lowest BCUT2D eigenvalue weighted by Gasteiger charge is -2.14. The van der Waals surface area contributed by atoms with Gasteiger partial charge in [0, 0.05) is 38.0 Å². The number of hydrogen-bond acceptors (Lipinski definition) is 1. The Morgan fingerprint density at radius 1 is 0.682 bits per heavy atom. The maximum Gasteiger partial charge on any atom is 0.193 e. The van der Waals surface area contributed by atoms with E-state index in [2.05, 4.69) is 95.6 Å². The van der Waals surface area contributed by atoms with Crippen LogP contribution in [0.5, 0.6) is 0 Å². The molecular weight excluding hydrogens is 676 g/mol. The molecule has 0 saturated heterocycles. The van der Waals surface area contributed by atoms with E-state index in [1.54, 1.807) is 0 Å². The first-order valence-corrected chi connectivity index (χ1v) is 10.8. The van der Waals surface area contributed by atoms with E-state index in [-0.39, 0.29) is 5.78 Å². The fourth-order valence-corrected chi connectivity index (χ4v) is 5.05. The summed E-state index contributed by atoms with van der Waals surface area (Å²) in [5.74, 6) is -0.0159. The van der Waals surface area contributed by atoms with E-state index < -0.39 is 0 Å². The summed E-state index contributed by atoms with van der Waals surface area (Å²) in [5.41, 5.74) is 3.11. The molecule has 0 unspecified atom stereocenters. The summed E-state index contributed by atoms with van der Waals surface area (Å²) in [5, 5.41) is 0. The molecule has 0 aliphatic carbocycles. The van der Waals surface area contributed by atoms with E-state index in [0.717, 1.165) is 38.0 Å². The third-order valence-electron chi connectivity index (χ3n) is 3.30. The third kappa shape index (κ3) is 3.49. The van der Waals surface area contributed by atoms with Crippen molar-refractivity contribution in [1.82, 2.24) is 0 Å². The zero-order valence-corrected chi connectivity index (χ0v) is 20.8. The Bertz CT molecular complexity index is 732. The summed E-state index contributed by atoms with van der Waals surface area (Å²) in [7, 11) is 0. The van der Waals surface area contributed by atoms with Crippen molar-refractivity contribution in [1.29, 1.82) is 0 Å². The molecule has 0 aliphatic heterocycles. The maximum atomic E-state index is 13.0. The Kier molecular flexibility index (Phi) is 6.57. The van der Waals surface area contributed by atoms with Crippen LogP contribution in [0.4, 0.5) is 0 Å². The largest absolute Gasteiger partial charge is 0.289 e. The van der Waals surface area contributed by atoms with Crippen molar-refractivity contribution in [2.75, 3.05) is 0 Å². The topological polar surface area (TPSA) is 17.1 Å². The van der Waals surface area contributed by atoms with Crippen molar-refractivity contribution in [3.63, 3.8) is 0 Å². The smallest absolute Gasteiger partial charge is 0.193 e. The Morgan fingerprint density at radius 3 is 1.32 bits per heavy atom. The molecule has 116 valence electrons. The molecule has 0 radical (unpaired) electrons. The van der Waals surface area contributed by atoms with Gasteiger partial charge in [-0.05, 0) is 133 Å². The fraction of sp³-hybridized carbons (Fsp3) is 0.133. The van der Waals surface area contributed by atoms with Crippen LogP contribution in [0.2, 0.25) is 0 Å². The van der Waals surface area contributed by atoms with Gasteiger partial charge in [-0.2, -0.15) is 0 Å². The first-order valence-electron chi connectivity index (χ1n) is 5.99. The molecule has 0 amide bonds. The summed E-state index contributed by atoms with van der Waals surface area (Å²) in [6.07, 6.45) is 0. The average Bonchev–Trinajstić information content (AvgIpc) is 2.49. The summed E-state index contributed by atoms with van der Waals surface area (Å²) < 4.78 is 5.21. The molecule has 0 atom stereocenters. The van der Waals surface area contributed by atoms with Gasteiger partial charge in [0.15, 0.2) is 5.78 Å². The van der Waals surface area contributed by atoms with Crippen molar-refractivity contribution in [3.8, 4) is 0 Å². The van der Waals surface area contributed by atoms with Crippen LogP contribution in [-0.4, -0.2) is 5.78 Å². The Balaban J connectivity index is 2.69. The van der Waals surface area contributed by atoms with Gasteiger partial charge in [0.2, 0.25) is 0 Å².